The molecule has 0 radical (unpaired) electrons. The van der Waals surface area contributed by atoms with Crippen molar-refractivity contribution in [1.29, 1.82) is 0 Å². The molecule has 0 saturated heterocycles. The maximum Gasteiger partial charge on any atom is 0.321 e. The van der Waals surface area contributed by atoms with E-state index in [4.69, 9.17) is 4.84 Å². The highest BCUT2D eigenvalue weighted by Crippen LogP contribution is 2.37. The normalized spacial score (nSPS) is 19.9. The van der Waals surface area contributed by atoms with E-state index in [1.54, 1.807) is 0 Å². The third-order valence-electron chi connectivity index (χ3n) is 6.90. The summed E-state index contributed by atoms with van der Waals surface area (Å²) >= 11 is 0. The molecule has 0 bridgehead atoms. The average molecular weight is 480 g/mol. The predicted molar refractivity (Wildman–Crippen MR) is 132 cm³/mol. The first-order valence-corrected chi connectivity index (χ1v) is 12.1. The van der Waals surface area contributed by atoms with Crippen LogP contribution in [-0.4, -0.2) is 34.0 Å². The SMILES string of the molecule is CC(C)Cc1ccc(C2N=C(c3ccc(CNC4CCC(C(=O)O)(C(=O)O)CC4)cc3)NO2)cc1. The summed E-state index contributed by atoms with van der Waals surface area (Å²) in [5.41, 5.74) is 5.61. The number of aliphatic carboxylic acids is 2. The van der Waals surface area contributed by atoms with E-state index < -0.39 is 17.4 Å². The molecule has 4 N–H and O–H groups in total. The number of aliphatic imine (C=N–C) groups is 1. The highest BCUT2D eigenvalue weighted by Gasteiger charge is 2.48. The molecule has 8 nitrogen and oxygen atoms in total. The van der Waals surface area contributed by atoms with Crippen LogP contribution in [0.15, 0.2) is 53.5 Å². The topological polar surface area (TPSA) is 120 Å². The Morgan fingerprint density at radius 1 is 1.03 bits per heavy atom. The molecular weight excluding hydrogens is 446 g/mol. The van der Waals surface area contributed by atoms with Gasteiger partial charge in [-0.1, -0.05) is 62.4 Å². The lowest BCUT2D eigenvalue weighted by Gasteiger charge is -2.33. The van der Waals surface area contributed by atoms with Crippen LogP contribution in [0.2, 0.25) is 0 Å². The highest BCUT2D eigenvalue weighted by molar-refractivity contribution is 5.99. The van der Waals surface area contributed by atoms with Crippen LogP contribution in [0.5, 0.6) is 0 Å². The van der Waals surface area contributed by atoms with Gasteiger partial charge in [0, 0.05) is 23.7 Å². The third-order valence-corrected chi connectivity index (χ3v) is 6.90. The second-order valence-electron chi connectivity index (χ2n) is 9.93. The van der Waals surface area contributed by atoms with Gasteiger partial charge < -0.3 is 15.5 Å². The van der Waals surface area contributed by atoms with Gasteiger partial charge in [-0.15, -0.1) is 0 Å². The van der Waals surface area contributed by atoms with Crippen molar-refractivity contribution >= 4 is 17.8 Å². The zero-order valence-electron chi connectivity index (χ0n) is 20.2. The van der Waals surface area contributed by atoms with E-state index in [9.17, 15) is 19.8 Å². The molecule has 0 amide bonds. The number of rotatable bonds is 9. The summed E-state index contributed by atoms with van der Waals surface area (Å²) in [6.07, 6.45) is 1.99. The standard InChI is InChI=1S/C27H33N3O5/c1-17(2)15-18-3-9-21(10-4-18)24-29-23(30-35-24)20-7-5-19(6-8-20)16-28-22-11-13-27(14-12-22,25(31)32)26(33)34/h3-10,17,22,24,28H,11-16H2,1-2H3,(H,29,30)(H,31,32)(H,33,34). The number of carbonyl (C=O) groups is 2. The molecule has 0 aromatic heterocycles. The van der Waals surface area contributed by atoms with Crippen LogP contribution in [0, 0.1) is 11.3 Å². The minimum atomic E-state index is -1.65. The molecule has 1 unspecified atom stereocenters. The molecule has 1 atom stereocenters. The van der Waals surface area contributed by atoms with Crippen LogP contribution < -0.4 is 10.8 Å². The fourth-order valence-electron chi connectivity index (χ4n) is 4.72. The van der Waals surface area contributed by atoms with Crippen molar-refractivity contribution in [3.05, 3.63) is 70.8 Å². The van der Waals surface area contributed by atoms with E-state index in [2.05, 4.69) is 53.9 Å². The Balaban J connectivity index is 1.30. The summed E-state index contributed by atoms with van der Waals surface area (Å²) in [4.78, 5) is 33.3. The first kappa shape index (κ1) is 24.9. The first-order chi connectivity index (χ1) is 16.8. The average Bonchev–Trinajstić information content (AvgIpc) is 3.33. The number of nitrogens with zero attached hydrogens (tertiary/aromatic N) is 1. The Kier molecular flexibility index (Phi) is 7.52. The molecule has 1 saturated carbocycles. The van der Waals surface area contributed by atoms with Gasteiger partial charge in [0.15, 0.2) is 11.3 Å². The molecule has 186 valence electrons. The van der Waals surface area contributed by atoms with E-state index in [0.29, 0.717) is 31.1 Å². The quantitative estimate of drug-likeness (QED) is 0.401. The van der Waals surface area contributed by atoms with Crippen molar-refractivity contribution in [2.45, 2.75) is 64.8 Å². The van der Waals surface area contributed by atoms with Crippen molar-refractivity contribution in [2.24, 2.45) is 16.3 Å². The Morgan fingerprint density at radius 3 is 2.20 bits per heavy atom. The third kappa shape index (κ3) is 5.71. The molecule has 1 aliphatic heterocycles. The number of nitrogens with one attached hydrogen (secondary N) is 2. The van der Waals surface area contributed by atoms with E-state index in [-0.39, 0.29) is 25.1 Å². The number of carboxylic acids is 2. The van der Waals surface area contributed by atoms with Crippen molar-refractivity contribution < 1.29 is 24.6 Å². The molecule has 35 heavy (non-hydrogen) atoms. The Hall–Kier alpha value is -3.23. The van der Waals surface area contributed by atoms with Crippen LogP contribution in [-0.2, 0) is 27.4 Å². The Morgan fingerprint density at radius 2 is 1.63 bits per heavy atom. The molecule has 4 rings (SSSR count). The lowest BCUT2D eigenvalue weighted by molar-refractivity contribution is -0.167. The van der Waals surface area contributed by atoms with E-state index in [1.165, 1.54) is 5.56 Å². The largest absolute Gasteiger partial charge is 0.480 e. The van der Waals surface area contributed by atoms with Crippen LogP contribution in [0.3, 0.4) is 0 Å². The van der Waals surface area contributed by atoms with E-state index in [1.807, 2.05) is 24.3 Å². The number of hydroxylamine groups is 1. The minimum Gasteiger partial charge on any atom is -0.480 e. The summed E-state index contributed by atoms with van der Waals surface area (Å²) in [6, 6.07) is 16.5. The van der Waals surface area contributed by atoms with Gasteiger partial charge in [-0.2, -0.15) is 0 Å². The van der Waals surface area contributed by atoms with E-state index >= 15 is 0 Å². The summed E-state index contributed by atoms with van der Waals surface area (Å²) in [7, 11) is 0. The van der Waals surface area contributed by atoms with E-state index in [0.717, 1.165) is 23.1 Å². The number of hydrogen-bond acceptors (Lipinski definition) is 6. The van der Waals surface area contributed by atoms with Gasteiger partial charge in [0.05, 0.1) is 0 Å². The van der Waals surface area contributed by atoms with Gasteiger partial charge in [0.1, 0.15) is 0 Å². The molecule has 0 spiro atoms. The number of benzene rings is 2. The molecule has 8 heteroatoms. The molecule has 2 aromatic carbocycles. The van der Waals surface area contributed by atoms with Crippen molar-refractivity contribution in [2.75, 3.05) is 0 Å². The summed E-state index contributed by atoms with van der Waals surface area (Å²) in [6.45, 7) is 5.04. The molecule has 2 aliphatic rings. The highest BCUT2D eigenvalue weighted by atomic mass is 16.7. The molecule has 1 fully saturated rings. The predicted octanol–water partition coefficient (Wildman–Crippen LogP) is 4.05. The van der Waals surface area contributed by atoms with Gasteiger partial charge >= 0.3 is 11.9 Å². The van der Waals surface area contributed by atoms with Crippen molar-refractivity contribution in [3.63, 3.8) is 0 Å². The van der Waals surface area contributed by atoms with Gasteiger partial charge in [-0.05, 0) is 49.1 Å². The summed E-state index contributed by atoms with van der Waals surface area (Å²) in [5.74, 6) is -1.18. The molecule has 2 aromatic rings. The van der Waals surface area contributed by atoms with Crippen LogP contribution in [0.4, 0.5) is 0 Å². The number of hydrogen-bond donors (Lipinski definition) is 4. The van der Waals surface area contributed by atoms with Crippen LogP contribution in [0.1, 0.15) is 68.0 Å². The van der Waals surface area contributed by atoms with Gasteiger partial charge in [-0.3, -0.25) is 9.59 Å². The molecule has 1 heterocycles. The zero-order valence-corrected chi connectivity index (χ0v) is 20.2. The minimum absolute atomic E-state index is 0.100. The van der Waals surface area contributed by atoms with Gasteiger partial charge in [-0.25, -0.2) is 15.3 Å². The zero-order chi connectivity index (χ0) is 25.0. The Bertz CT molecular complexity index is 1060. The molecule has 1 aliphatic carbocycles. The maximum absolute atomic E-state index is 11.5. The maximum atomic E-state index is 11.5. The fraction of sp³-hybridized carbons (Fsp3) is 0.444. The van der Waals surface area contributed by atoms with Crippen molar-refractivity contribution in [3.8, 4) is 0 Å². The van der Waals surface area contributed by atoms with Crippen LogP contribution in [0.25, 0.3) is 0 Å². The number of amidine groups is 1. The smallest absolute Gasteiger partial charge is 0.321 e. The monoisotopic (exact) mass is 479 g/mol. The summed E-state index contributed by atoms with van der Waals surface area (Å²) < 4.78 is 0. The lowest BCUT2D eigenvalue weighted by atomic mass is 9.72. The number of carboxylic acid groups (broad SMARTS) is 2. The molecular formula is C27H33N3O5. The second-order valence-corrected chi connectivity index (χ2v) is 9.93. The van der Waals surface area contributed by atoms with Crippen LogP contribution >= 0.6 is 0 Å². The fourth-order valence-corrected chi connectivity index (χ4v) is 4.72. The van der Waals surface area contributed by atoms with Gasteiger partial charge in [0.25, 0.3) is 0 Å². The van der Waals surface area contributed by atoms with Gasteiger partial charge in [0.2, 0.25) is 6.23 Å². The van der Waals surface area contributed by atoms with Crippen molar-refractivity contribution in [1.82, 2.24) is 10.8 Å². The lowest BCUT2D eigenvalue weighted by Crippen LogP contribution is -2.46. The second kappa shape index (κ2) is 10.6. The first-order valence-electron chi connectivity index (χ1n) is 12.1. The Labute approximate surface area is 205 Å². The summed E-state index contributed by atoms with van der Waals surface area (Å²) in [5, 5.41) is 22.2.